The van der Waals surface area contributed by atoms with Gasteiger partial charge in [-0.2, -0.15) is 0 Å². The number of carbonyl (C=O) groups excluding carboxylic acids is 1. The van der Waals surface area contributed by atoms with Crippen molar-refractivity contribution in [2.45, 2.75) is 20.8 Å². The van der Waals surface area contributed by atoms with Crippen molar-refractivity contribution < 1.29 is 4.79 Å². The molecule has 0 saturated carbocycles. The van der Waals surface area contributed by atoms with Crippen molar-refractivity contribution in [2.24, 2.45) is 5.73 Å². The first kappa shape index (κ1) is 17.7. The van der Waals surface area contributed by atoms with Gasteiger partial charge in [0, 0.05) is 43.3 Å². The van der Waals surface area contributed by atoms with Crippen LogP contribution >= 0.6 is 0 Å². The number of hydrogen-bond acceptors (Lipinski definition) is 4. The Bertz CT molecular complexity index is 579. The summed E-state index contributed by atoms with van der Waals surface area (Å²) in [7, 11) is 0. The Hall–Kier alpha value is -2.34. The first-order valence-electron chi connectivity index (χ1n) is 7.61. The number of nitrogens with one attached hydrogen (secondary N) is 3. The number of rotatable bonds is 6. The Kier molecular flexibility index (Phi) is 7.70. The number of nitrogens with zero attached hydrogens (tertiary/aromatic N) is 1. The molecule has 1 amide bonds. The molecule has 0 radical (unpaired) electrons. The van der Waals surface area contributed by atoms with E-state index >= 15 is 0 Å². The summed E-state index contributed by atoms with van der Waals surface area (Å²) >= 11 is 0. The maximum Gasteiger partial charge on any atom is 0.252 e. The fourth-order valence-electron chi connectivity index (χ4n) is 1.85. The molecule has 6 nitrogen and oxygen atoms in total. The number of anilines is 1. The zero-order chi connectivity index (χ0) is 16.4. The second kappa shape index (κ2) is 9.57. The summed E-state index contributed by atoms with van der Waals surface area (Å²) in [5, 5.41) is 5.89. The average molecular weight is 303 g/mol. The molecule has 0 unspecified atom stereocenters. The van der Waals surface area contributed by atoms with Crippen molar-refractivity contribution in [2.75, 3.05) is 25.0 Å². The average Bonchev–Trinajstić information content (AvgIpc) is 3.05. The highest BCUT2D eigenvalue weighted by Crippen LogP contribution is 2.20. The van der Waals surface area contributed by atoms with Gasteiger partial charge in [-0.15, -0.1) is 0 Å². The minimum atomic E-state index is -0.0782. The second-order valence-corrected chi connectivity index (χ2v) is 4.31. The molecule has 0 aliphatic rings. The van der Waals surface area contributed by atoms with E-state index in [9.17, 15) is 4.79 Å². The monoisotopic (exact) mass is 303 g/mol. The van der Waals surface area contributed by atoms with Crippen LogP contribution in [0.5, 0.6) is 0 Å². The highest BCUT2D eigenvalue weighted by Gasteiger charge is 2.08. The summed E-state index contributed by atoms with van der Waals surface area (Å²) in [6.07, 6.45) is 3.43. The molecule has 120 valence electrons. The minimum Gasteiger partial charge on any atom is -0.369 e. The molecular weight excluding hydrogens is 278 g/mol. The molecule has 0 aromatic carbocycles. The predicted octanol–water partition coefficient (Wildman–Crippen LogP) is 2.22. The molecule has 6 heteroatoms. The van der Waals surface area contributed by atoms with E-state index in [1.54, 1.807) is 12.4 Å². The third kappa shape index (κ3) is 4.89. The first-order chi connectivity index (χ1) is 10.7. The van der Waals surface area contributed by atoms with E-state index in [0.29, 0.717) is 25.2 Å². The van der Waals surface area contributed by atoms with E-state index in [1.165, 1.54) is 0 Å². The third-order valence-electron chi connectivity index (χ3n) is 2.80. The fraction of sp³-hybridized carbons (Fsp3) is 0.375. The Labute approximate surface area is 131 Å². The van der Waals surface area contributed by atoms with Crippen molar-refractivity contribution in [3.8, 4) is 11.3 Å². The van der Waals surface area contributed by atoms with Gasteiger partial charge in [-0.1, -0.05) is 13.8 Å². The van der Waals surface area contributed by atoms with Crippen molar-refractivity contribution in [1.82, 2.24) is 15.3 Å². The van der Waals surface area contributed by atoms with Gasteiger partial charge in [0.2, 0.25) is 0 Å². The predicted molar refractivity (Wildman–Crippen MR) is 90.9 cm³/mol. The fourth-order valence-corrected chi connectivity index (χ4v) is 1.85. The molecule has 0 fully saturated rings. The second-order valence-electron chi connectivity index (χ2n) is 4.31. The van der Waals surface area contributed by atoms with Crippen molar-refractivity contribution in [1.29, 1.82) is 0 Å². The lowest BCUT2D eigenvalue weighted by atomic mass is 10.2. The van der Waals surface area contributed by atoms with E-state index in [-0.39, 0.29) is 5.91 Å². The summed E-state index contributed by atoms with van der Waals surface area (Å²) in [5.74, 6) is 0.688. The summed E-state index contributed by atoms with van der Waals surface area (Å²) in [6.45, 7) is 7.73. The zero-order valence-corrected chi connectivity index (χ0v) is 13.4. The lowest BCUT2D eigenvalue weighted by Crippen LogP contribution is -2.21. The van der Waals surface area contributed by atoms with Gasteiger partial charge in [-0.25, -0.2) is 4.98 Å². The van der Waals surface area contributed by atoms with E-state index < -0.39 is 0 Å². The summed E-state index contributed by atoms with van der Waals surface area (Å²) in [4.78, 5) is 19.0. The Morgan fingerprint density at radius 2 is 2.14 bits per heavy atom. The van der Waals surface area contributed by atoms with Crippen molar-refractivity contribution in [3.05, 3.63) is 36.2 Å². The SMILES string of the molecule is CC.CCNC(=O)c1c[nH]c(-c2ccnc(NCCN)c2)c1. The van der Waals surface area contributed by atoms with Gasteiger partial charge < -0.3 is 21.4 Å². The van der Waals surface area contributed by atoms with Crippen LogP contribution < -0.4 is 16.4 Å². The number of nitrogens with two attached hydrogens (primary N) is 1. The normalized spacial score (nSPS) is 9.64. The molecule has 2 aromatic rings. The number of hydrogen-bond donors (Lipinski definition) is 4. The molecule has 0 aliphatic carbocycles. The van der Waals surface area contributed by atoms with E-state index in [4.69, 9.17) is 5.73 Å². The lowest BCUT2D eigenvalue weighted by Gasteiger charge is -2.05. The largest absolute Gasteiger partial charge is 0.369 e. The van der Waals surface area contributed by atoms with Gasteiger partial charge in [-0.3, -0.25) is 4.79 Å². The van der Waals surface area contributed by atoms with Gasteiger partial charge in [0.25, 0.3) is 5.91 Å². The smallest absolute Gasteiger partial charge is 0.252 e. The Morgan fingerprint density at radius 3 is 2.82 bits per heavy atom. The number of carbonyl (C=O) groups is 1. The summed E-state index contributed by atoms with van der Waals surface area (Å²) in [5.41, 5.74) is 7.92. The molecule has 2 heterocycles. The first-order valence-corrected chi connectivity index (χ1v) is 7.61. The molecule has 0 bridgehead atoms. The van der Waals surface area contributed by atoms with Crippen LogP contribution in [-0.2, 0) is 0 Å². The van der Waals surface area contributed by atoms with Crippen LogP contribution in [0.4, 0.5) is 5.82 Å². The van der Waals surface area contributed by atoms with Crippen molar-refractivity contribution in [3.63, 3.8) is 0 Å². The van der Waals surface area contributed by atoms with Crippen molar-refractivity contribution >= 4 is 11.7 Å². The topological polar surface area (TPSA) is 95.8 Å². The summed E-state index contributed by atoms with van der Waals surface area (Å²) in [6, 6.07) is 5.64. The van der Waals surface area contributed by atoms with Crippen LogP contribution in [0.2, 0.25) is 0 Å². The quantitative estimate of drug-likeness (QED) is 0.658. The van der Waals surface area contributed by atoms with E-state index in [1.807, 2.05) is 39.0 Å². The molecule has 22 heavy (non-hydrogen) atoms. The molecule has 0 atom stereocenters. The Balaban J connectivity index is 0.00000116. The maximum absolute atomic E-state index is 11.7. The number of amides is 1. The standard InChI is InChI=1S/C14H19N5O.C2H6/c1-2-16-14(20)11-7-12(19-9-11)10-3-5-17-13(8-10)18-6-4-15;1-2/h3,5,7-9,19H,2,4,6,15H2,1H3,(H,16,20)(H,17,18);1-2H3. The van der Waals surface area contributed by atoms with E-state index in [2.05, 4.69) is 20.6 Å². The van der Waals surface area contributed by atoms with Gasteiger partial charge in [0.15, 0.2) is 0 Å². The molecule has 5 N–H and O–H groups in total. The maximum atomic E-state index is 11.7. The highest BCUT2D eigenvalue weighted by molar-refractivity contribution is 5.95. The number of pyridine rings is 1. The van der Waals surface area contributed by atoms with Gasteiger partial charge >= 0.3 is 0 Å². The molecule has 0 aliphatic heterocycles. The van der Waals surface area contributed by atoms with Gasteiger partial charge in [0.05, 0.1) is 5.56 Å². The molecule has 2 aromatic heterocycles. The van der Waals surface area contributed by atoms with Crippen LogP contribution in [0.1, 0.15) is 31.1 Å². The van der Waals surface area contributed by atoms with Crippen LogP contribution in [0.15, 0.2) is 30.6 Å². The zero-order valence-electron chi connectivity index (χ0n) is 13.4. The number of aromatic amines is 1. The Morgan fingerprint density at radius 1 is 1.36 bits per heavy atom. The molecule has 2 rings (SSSR count). The minimum absolute atomic E-state index is 0.0782. The highest BCUT2D eigenvalue weighted by atomic mass is 16.1. The molecular formula is C16H25N5O. The third-order valence-corrected chi connectivity index (χ3v) is 2.80. The van der Waals surface area contributed by atoms with E-state index in [0.717, 1.165) is 17.1 Å². The number of H-pyrrole nitrogens is 1. The number of aromatic nitrogens is 2. The van der Waals surface area contributed by atoms with Crippen LogP contribution in [0, 0.1) is 0 Å². The van der Waals surface area contributed by atoms with Gasteiger partial charge in [-0.05, 0) is 25.1 Å². The molecule has 0 spiro atoms. The van der Waals surface area contributed by atoms with Gasteiger partial charge in [0.1, 0.15) is 5.82 Å². The molecule has 0 saturated heterocycles. The van der Waals surface area contributed by atoms with Crippen LogP contribution in [-0.4, -0.2) is 35.5 Å². The summed E-state index contributed by atoms with van der Waals surface area (Å²) < 4.78 is 0. The lowest BCUT2D eigenvalue weighted by molar-refractivity contribution is 0.0956. The van der Waals surface area contributed by atoms with Crippen LogP contribution in [0.3, 0.4) is 0 Å². The van der Waals surface area contributed by atoms with Crippen LogP contribution in [0.25, 0.3) is 11.3 Å².